The number of hydrogen-bond acceptors (Lipinski definition) is 5. The van der Waals surface area contributed by atoms with Crippen LogP contribution >= 0.6 is 0 Å². The molecule has 0 unspecified atom stereocenters. The lowest BCUT2D eigenvalue weighted by Crippen LogP contribution is -2.37. The van der Waals surface area contributed by atoms with Gasteiger partial charge < -0.3 is 15.2 Å². The number of carboxylic acids is 1. The van der Waals surface area contributed by atoms with Crippen LogP contribution in [-0.2, 0) is 14.4 Å². The highest BCUT2D eigenvalue weighted by Crippen LogP contribution is 2.43. The minimum Gasteiger partial charge on any atom is -0.494 e. The zero-order valence-electron chi connectivity index (χ0n) is 17.5. The molecule has 1 heterocycles. The summed E-state index contributed by atoms with van der Waals surface area (Å²) in [6.07, 6.45) is -1.34. The largest absolute Gasteiger partial charge is 0.494 e. The van der Waals surface area contributed by atoms with E-state index in [1.807, 2.05) is 67.6 Å². The van der Waals surface area contributed by atoms with Gasteiger partial charge in [0.05, 0.1) is 18.3 Å². The summed E-state index contributed by atoms with van der Waals surface area (Å²) in [5.74, 6) is -1.93. The second-order valence-corrected chi connectivity index (χ2v) is 7.35. The maximum Gasteiger partial charge on any atom is 0.336 e. The van der Waals surface area contributed by atoms with Gasteiger partial charge in [-0.1, -0.05) is 48.5 Å². The summed E-state index contributed by atoms with van der Waals surface area (Å²) in [4.78, 5) is 31.3. The molecule has 0 aromatic heterocycles. The number of aliphatic carboxylic acids is 1. The average molecular weight is 432 g/mol. The average Bonchev–Trinajstić information content (AvgIpc) is 3.23. The summed E-state index contributed by atoms with van der Waals surface area (Å²) in [7, 11) is 0. The van der Waals surface area contributed by atoms with Crippen LogP contribution in [0.15, 0.2) is 84.9 Å². The Labute approximate surface area is 186 Å². The maximum atomic E-state index is 13.4. The predicted molar refractivity (Wildman–Crippen MR) is 120 cm³/mol. The number of anilines is 2. The van der Waals surface area contributed by atoms with Crippen molar-refractivity contribution < 1.29 is 24.3 Å². The molecule has 164 valence electrons. The number of carboxylic acid groups (broad SMARTS) is 1. The molecule has 0 radical (unpaired) electrons. The van der Waals surface area contributed by atoms with E-state index in [0.29, 0.717) is 23.7 Å². The number of para-hydroxylation sites is 1. The normalized spacial score (nSPS) is 20.0. The highest BCUT2D eigenvalue weighted by molar-refractivity contribution is 5.97. The fourth-order valence-electron chi connectivity index (χ4n) is 3.86. The van der Waals surface area contributed by atoms with Crippen molar-refractivity contribution in [2.75, 3.05) is 17.0 Å². The van der Waals surface area contributed by atoms with E-state index in [0.717, 1.165) is 5.56 Å². The molecule has 0 aliphatic carbocycles. The first-order valence-electron chi connectivity index (χ1n) is 10.4. The van der Waals surface area contributed by atoms with Gasteiger partial charge in [-0.3, -0.25) is 9.63 Å². The number of nitrogens with one attached hydrogen (secondary N) is 1. The van der Waals surface area contributed by atoms with Gasteiger partial charge in [-0.05, 0) is 48.9 Å². The third-order valence-corrected chi connectivity index (χ3v) is 5.28. The number of amides is 1. The quantitative estimate of drug-likeness (QED) is 0.579. The van der Waals surface area contributed by atoms with Crippen molar-refractivity contribution in [1.82, 2.24) is 0 Å². The summed E-state index contributed by atoms with van der Waals surface area (Å²) < 4.78 is 5.43. The van der Waals surface area contributed by atoms with Crippen molar-refractivity contribution in [1.29, 1.82) is 0 Å². The molecule has 1 saturated heterocycles. The number of carbonyl (C=O) groups excluding carboxylic acids is 1. The van der Waals surface area contributed by atoms with Gasteiger partial charge in [-0.2, -0.15) is 0 Å². The third kappa shape index (κ3) is 4.43. The van der Waals surface area contributed by atoms with Crippen LogP contribution in [0.1, 0.15) is 18.5 Å². The molecule has 0 spiro atoms. The first-order valence-corrected chi connectivity index (χ1v) is 10.4. The lowest BCUT2D eigenvalue weighted by Gasteiger charge is -2.27. The topological polar surface area (TPSA) is 88.1 Å². The molecule has 1 amide bonds. The molecule has 0 bridgehead atoms. The lowest BCUT2D eigenvalue weighted by atomic mass is 9.88. The molecule has 3 atom stereocenters. The SMILES string of the molecule is CCOc1ccc(NC(=O)[C@@H]2[C@@H](C(=O)O)ON(c3ccccc3)[C@@H]2c2ccccc2)cc1. The number of hydroxylamine groups is 1. The Hall–Kier alpha value is -3.84. The molecule has 3 aromatic carbocycles. The zero-order valence-corrected chi connectivity index (χ0v) is 17.5. The van der Waals surface area contributed by atoms with Crippen molar-refractivity contribution in [3.63, 3.8) is 0 Å². The van der Waals surface area contributed by atoms with Crippen LogP contribution in [0.3, 0.4) is 0 Å². The van der Waals surface area contributed by atoms with Gasteiger partial charge in [-0.25, -0.2) is 9.86 Å². The Morgan fingerprint density at radius 1 is 0.969 bits per heavy atom. The van der Waals surface area contributed by atoms with Crippen molar-refractivity contribution in [2.45, 2.75) is 19.1 Å². The van der Waals surface area contributed by atoms with E-state index < -0.39 is 29.9 Å². The molecular weight excluding hydrogens is 408 g/mol. The van der Waals surface area contributed by atoms with E-state index in [9.17, 15) is 14.7 Å². The van der Waals surface area contributed by atoms with E-state index in [2.05, 4.69) is 5.32 Å². The van der Waals surface area contributed by atoms with E-state index in [-0.39, 0.29) is 0 Å². The van der Waals surface area contributed by atoms with E-state index in [1.165, 1.54) is 5.06 Å². The van der Waals surface area contributed by atoms with Crippen molar-refractivity contribution in [2.24, 2.45) is 5.92 Å². The monoisotopic (exact) mass is 432 g/mol. The van der Waals surface area contributed by atoms with Crippen LogP contribution in [0.5, 0.6) is 5.75 Å². The molecule has 2 N–H and O–H groups in total. The predicted octanol–water partition coefficient (Wildman–Crippen LogP) is 4.29. The van der Waals surface area contributed by atoms with Gasteiger partial charge in [0, 0.05) is 5.69 Å². The number of ether oxygens (including phenoxy) is 1. The van der Waals surface area contributed by atoms with E-state index in [1.54, 1.807) is 24.3 Å². The highest BCUT2D eigenvalue weighted by atomic mass is 16.7. The summed E-state index contributed by atoms with van der Waals surface area (Å²) in [5, 5.41) is 14.2. The van der Waals surface area contributed by atoms with Gasteiger partial charge in [-0.15, -0.1) is 0 Å². The molecule has 1 fully saturated rings. The molecular formula is C25H24N2O5. The van der Waals surface area contributed by atoms with Gasteiger partial charge in [0.15, 0.2) is 6.10 Å². The van der Waals surface area contributed by atoms with Crippen molar-refractivity contribution in [3.05, 3.63) is 90.5 Å². The smallest absolute Gasteiger partial charge is 0.336 e. The van der Waals surface area contributed by atoms with Gasteiger partial charge >= 0.3 is 5.97 Å². The van der Waals surface area contributed by atoms with Crippen LogP contribution in [0.25, 0.3) is 0 Å². The number of nitrogens with zero attached hydrogens (tertiary/aromatic N) is 1. The minimum absolute atomic E-state index is 0.436. The first kappa shape index (κ1) is 21.4. The number of carbonyl (C=O) groups is 2. The van der Waals surface area contributed by atoms with Crippen molar-refractivity contribution >= 4 is 23.3 Å². The number of hydrogen-bond donors (Lipinski definition) is 2. The standard InChI is InChI=1S/C25H24N2O5/c1-2-31-20-15-13-18(14-16-20)26-24(28)21-22(17-9-5-3-6-10-17)27(32-23(21)25(29)30)19-11-7-4-8-12-19/h3-16,21-23H,2H2,1H3,(H,26,28)(H,29,30)/t21-,22+,23-/m0/s1. The van der Waals surface area contributed by atoms with Crippen LogP contribution < -0.4 is 15.1 Å². The Balaban J connectivity index is 1.69. The number of benzene rings is 3. The fraction of sp³-hybridized carbons (Fsp3) is 0.200. The molecule has 7 nitrogen and oxygen atoms in total. The molecule has 3 aromatic rings. The molecule has 4 rings (SSSR count). The van der Waals surface area contributed by atoms with Gasteiger partial charge in [0.2, 0.25) is 5.91 Å². The van der Waals surface area contributed by atoms with Crippen molar-refractivity contribution in [3.8, 4) is 5.75 Å². The van der Waals surface area contributed by atoms with E-state index >= 15 is 0 Å². The van der Waals surface area contributed by atoms with Gasteiger partial charge in [0.1, 0.15) is 11.7 Å². The summed E-state index contributed by atoms with van der Waals surface area (Å²) in [5.41, 5.74) is 2.00. The Bertz CT molecular complexity index is 1060. The molecule has 1 aliphatic rings. The van der Waals surface area contributed by atoms with Gasteiger partial charge in [0.25, 0.3) is 0 Å². The Morgan fingerprint density at radius 2 is 1.59 bits per heavy atom. The number of rotatable bonds is 7. The molecule has 32 heavy (non-hydrogen) atoms. The molecule has 7 heteroatoms. The van der Waals surface area contributed by atoms with Crippen LogP contribution in [0.4, 0.5) is 11.4 Å². The maximum absolute atomic E-state index is 13.4. The third-order valence-electron chi connectivity index (χ3n) is 5.28. The summed E-state index contributed by atoms with van der Waals surface area (Å²) in [6.45, 7) is 2.43. The minimum atomic E-state index is -1.34. The fourth-order valence-corrected chi connectivity index (χ4v) is 3.86. The highest BCUT2D eigenvalue weighted by Gasteiger charge is 2.52. The zero-order chi connectivity index (χ0) is 22.5. The second-order valence-electron chi connectivity index (χ2n) is 7.35. The van der Waals surface area contributed by atoms with Crippen LogP contribution in [-0.4, -0.2) is 29.7 Å². The van der Waals surface area contributed by atoms with Crippen LogP contribution in [0.2, 0.25) is 0 Å². The Kier molecular flexibility index (Phi) is 6.37. The van der Waals surface area contributed by atoms with E-state index in [4.69, 9.17) is 9.57 Å². The second kappa shape index (κ2) is 9.53. The molecule has 1 aliphatic heterocycles. The summed E-state index contributed by atoms with van der Waals surface area (Å²) in [6, 6.07) is 24.8. The Morgan fingerprint density at radius 3 is 2.19 bits per heavy atom. The summed E-state index contributed by atoms with van der Waals surface area (Å²) >= 11 is 0. The molecule has 0 saturated carbocycles. The lowest BCUT2D eigenvalue weighted by molar-refractivity contribution is -0.151. The van der Waals surface area contributed by atoms with Crippen LogP contribution in [0, 0.1) is 5.92 Å². The first-order chi connectivity index (χ1) is 15.6.